The van der Waals surface area contributed by atoms with Crippen molar-refractivity contribution in [2.45, 2.75) is 70.3 Å². The third kappa shape index (κ3) is 3.76. The van der Waals surface area contributed by atoms with Gasteiger partial charge in [-0.2, -0.15) is 18.3 Å². The largest absolute Gasteiger partial charge is 0.459 e. The van der Waals surface area contributed by atoms with Gasteiger partial charge in [0.2, 0.25) is 5.91 Å². The SMILES string of the molecule is Cc1cc2n(n1)[C@@H](C(F)(F)F)C[C@@H](C1CCCN(C(=O)C3CC(=O)OC3(C)C)C1)N2. The minimum atomic E-state index is -4.40. The number of rotatable bonds is 2. The number of esters is 1. The second kappa shape index (κ2) is 7.16. The van der Waals surface area contributed by atoms with Gasteiger partial charge in [0.05, 0.1) is 18.0 Å². The van der Waals surface area contributed by atoms with E-state index in [-0.39, 0.29) is 24.7 Å². The number of nitrogens with one attached hydrogen (secondary N) is 1. The summed E-state index contributed by atoms with van der Waals surface area (Å²) in [7, 11) is 0. The van der Waals surface area contributed by atoms with Gasteiger partial charge in [-0.1, -0.05) is 0 Å². The van der Waals surface area contributed by atoms with Crippen LogP contribution in [0.3, 0.4) is 0 Å². The number of hydrogen-bond acceptors (Lipinski definition) is 5. The Morgan fingerprint density at radius 2 is 2.10 bits per heavy atom. The number of carbonyl (C=O) groups excluding carboxylic acids is 2. The smallest absolute Gasteiger partial charge is 0.410 e. The Kier molecular flexibility index (Phi) is 5.01. The molecule has 3 aliphatic heterocycles. The van der Waals surface area contributed by atoms with Crippen molar-refractivity contribution in [1.29, 1.82) is 0 Å². The van der Waals surface area contributed by atoms with Crippen LogP contribution in [0.1, 0.15) is 51.3 Å². The molecular formula is C20H27F3N4O3. The standard InChI is InChI=1S/C20H27F3N4O3/c1-11-7-16-24-14(9-15(20(21,22)23)27(16)25-11)12-5-4-6-26(10-12)18(29)13-8-17(28)30-19(13,2)3/h7,12-15,24H,4-6,8-10H2,1-3H3/t12?,13?,14-,15+/m0/s1. The lowest BCUT2D eigenvalue weighted by atomic mass is 9.84. The van der Waals surface area contributed by atoms with Gasteiger partial charge in [-0.25, -0.2) is 4.68 Å². The molecule has 0 radical (unpaired) electrons. The van der Waals surface area contributed by atoms with Crippen LogP contribution >= 0.6 is 0 Å². The van der Waals surface area contributed by atoms with Gasteiger partial charge in [0, 0.05) is 25.2 Å². The number of alkyl halides is 3. The summed E-state index contributed by atoms with van der Waals surface area (Å²) in [6.07, 6.45) is -3.03. The molecule has 3 aliphatic rings. The lowest BCUT2D eigenvalue weighted by Crippen LogP contribution is -2.51. The zero-order valence-corrected chi connectivity index (χ0v) is 17.3. The van der Waals surface area contributed by atoms with E-state index in [0.717, 1.165) is 11.1 Å². The number of halogens is 3. The van der Waals surface area contributed by atoms with Crippen molar-refractivity contribution >= 4 is 17.7 Å². The number of piperidine rings is 1. The average molecular weight is 428 g/mol. The van der Waals surface area contributed by atoms with Crippen LogP contribution in [0.4, 0.5) is 19.0 Å². The number of likely N-dealkylation sites (tertiary alicyclic amines) is 1. The van der Waals surface area contributed by atoms with Crippen LogP contribution in [0, 0.1) is 18.8 Å². The van der Waals surface area contributed by atoms with Crippen molar-refractivity contribution < 1.29 is 27.5 Å². The maximum atomic E-state index is 13.7. The van der Waals surface area contributed by atoms with Crippen molar-refractivity contribution in [3.8, 4) is 0 Å². The summed E-state index contributed by atoms with van der Waals surface area (Å²) in [5, 5.41) is 7.25. The second-order valence-electron chi connectivity index (χ2n) is 9.18. The number of fused-ring (bicyclic) bond motifs is 1. The van der Waals surface area contributed by atoms with Gasteiger partial charge in [-0.3, -0.25) is 9.59 Å². The van der Waals surface area contributed by atoms with E-state index >= 15 is 0 Å². The molecule has 30 heavy (non-hydrogen) atoms. The summed E-state index contributed by atoms with van der Waals surface area (Å²) < 4.78 is 47.4. The summed E-state index contributed by atoms with van der Waals surface area (Å²) in [5.41, 5.74) is -0.337. The molecule has 4 rings (SSSR count). The number of nitrogens with zero attached hydrogens (tertiary/aromatic N) is 3. The molecule has 7 nitrogen and oxygen atoms in total. The Balaban J connectivity index is 1.51. The van der Waals surface area contributed by atoms with Gasteiger partial charge >= 0.3 is 12.1 Å². The van der Waals surface area contributed by atoms with Crippen LogP contribution in [0.2, 0.25) is 0 Å². The number of amides is 1. The molecule has 0 spiro atoms. The fourth-order valence-corrected chi connectivity index (χ4v) is 5.00. The van der Waals surface area contributed by atoms with Crippen molar-refractivity contribution in [2.24, 2.45) is 11.8 Å². The Hall–Kier alpha value is -2.26. The van der Waals surface area contributed by atoms with Crippen LogP contribution < -0.4 is 5.32 Å². The highest BCUT2D eigenvalue weighted by Crippen LogP contribution is 2.42. The molecule has 1 amide bonds. The lowest BCUT2D eigenvalue weighted by Gasteiger charge is -2.42. The Morgan fingerprint density at radius 3 is 2.73 bits per heavy atom. The van der Waals surface area contributed by atoms with Gasteiger partial charge in [0.15, 0.2) is 6.04 Å². The van der Waals surface area contributed by atoms with E-state index < -0.39 is 35.7 Å². The summed E-state index contributed by atoms with van der Waals surface area (Å²) in [6.45, 7) is 6.03. The minimum absolute atomic E-state index is 0.0449. The third-order valence-electron chi connectivity index (χ3n) is 6.56. The number of hydrogen-bond donors (Lipinski definition) is 1. The second-order valence-corrected chi connectivity index (χ2v) is 9.18. The number of cyclic esters (lactones) is 1. The summed E-state index contributed by atoms with van der Waals surface area (Å²) in [5.74, 6) is -0.852. The van der Waals surface area contributed by atoms with Crippen molar-refractivity contribution in [1.82, 2.24) is 14.7 Å². The van der Waals surface area contributed by atoms with E-state index in [1.807, 2.05) is 0 Å². The first-order chi connectivity index (χ1) is 14.0. The maximum absolute atomic E-state index is 13.7. The molecule has 0 saturated carbocycles. The molecule has 2 fully saturated rings. The predicted octanol–water partition coefficient (Wildman–Crippen LogP) is 3.06. The fourth-order valence-electron chi connectivity index (χ4n) is 5.00. The van der Waals surface area contributed by atoms with Gasteiger partial charge in [0.1, 0.15) is 11.4 Å². The third-order valence-corrected chi connectivity index (χ3v) is 6.56. The maximum Gasteiger partial charge on any atom is 0.410 e. The molecule has 1 aromatic heterocycles. The van der Waals surface area contributed by atoms with E-state index in [4.69, 9.17) is 4.74 Å². The van der Waals surface area contributed by atoms with Crippen LogP contribution in [0.5, 0.6) is 0 Å². The first-order valence-electron chi connectivity index (χ1n) is 10.4. The lowest BCUT2D eigenvalue weighted by molar-refractivity contribution is -0.175. The Morgan fingerprint density at radius 1 is 1.37 bits per heavy atom. The highest BCUT2D eigenvalue weighted by Gasteiger charge is 2.50. The zero-order chi connectivity index (χ0) is 21.8. The van der Waals surface area contributed by atoms with Gasteiger partial charge in [-0.15, -0.1) is 0 Å². The molecule has 166 valence electrons. The van der Waals surface area contributed by atoms with Crippen LogP contribution in [0.15, 0.2) is 6.07 Å². The predicted molar refractivity (Wildman–Crippen MR) is 102 cm³/mol. The van der Waals surface area contributed by atoms with Gasteiger partial charge in [0.25, 0.3) is 0 Å². The van der Waals surface area contributed by atoms with Crippen molar-refractivity contribution in [2.75, 3.05) is 18.4 Å². The van der Waals surface area contributed by atoms with Crippen LogP contribution in [0.25, 0.3) is 0 Å². The molecular weight excluding hydrogens is 401 g/mol. The summed E-state index contributed by atoms with van der Waals surface area (Å²) >= 11 is 0. The number of carbonyl (C=O) groups is 2. The monoisotopic (exact) mass is 428 g/mol. The van der Waals surface area contributed by atoms with Crippen LogP contribution in [-0.2, 0) is 14.3 Å². The summed E-state index contributed by atoms with van der Waals surface area (Å²) in [4.78, 5) is 26.5. The molecule has 4 atom stereocenters. The summed E-state index contributed by atoms with van der Waals surface area (Å²) in [6, 6.07) is -0.468. The van der Waals surface area contributed by atoms with E-state index in [2.05, 4.69) is 10.4 Å². The first kappa shape index (κ1) is 21.0. The number of anilines is 1. The van der Waals surface area contributed by atoms with Gasteiger partial charge in [-0.05, 0) is 46.0 Å². The minimum Gasteiger partial charge on any atom is -0.459 e. The first-order valence-corrected chi connectivity index (χ1v) is 10.4. The molecule has 1 aromatic rings. The zero-order valence-electron chi connectivity index (χ0n) is 17.3. The normalized spacial score (nSPS) is 31.1. The van der Waals surface area contributed by atoms with E-state index in [9.17, 15) is 22.8 Å². The average Bonchev–Trinajstić information content (AvgIpc) is 3.16. The molecule has 10 heteroatoms. The fraction of sp³-hybridized carbons (Fsp3) is 0.750. The Labute approximate surface area is 172 Å². The number of aromatic nitrogens is 2. The molecule has 4 heterocycles. The quantitative estimate of drug-likeness (QED) is 0.733. The molecule has 0 aromatic carbocycles. The molecule has 2 unspecified atom stereocenters. The van der Waals surface area contributed by atoms with Crippen molar-refractivity contribution in [3.05, 3.63) is 11.8 Å². The van der Waals surface area contributed by atoms with Crippen LogP contribution in [-0.4, -0.2) is 57.5 Å². The van der Waals surface area contributed by atoms with Gasteiger partial charge < -0.3 is 15.0 Å². The number of aryl methyl sites for hydroxylation is 1. The van der Waals surface area contributed by atoms with Crippen molar-refractivity contribution in [3.63, 3.8) is 0 Å². The number of ether oxygens (including phenoxy) is 1. The molecule has 0 aliphatic carbocycles. The topological polar surface area (TPSA) is 76.5 Å². The van der Waals surface area contributed by atoms with E-state index in [1.165, 1.54) is 0 Å². The Bertz CT molecular complexity index is 851. The molecule has 0 bridgehead atoms. The molecule has 2 saturated heterocycles. The van der Waals surface area contributed by atoms with E-state index in [0.29, 0.717) is 31.0 Å². The van der Waals surface area contributed by atoms with E-state index in [1.54, 1.807) is 31.7 Å². The highest BCUT2D eigenvalue weighted by molar-refractivity contribution is 5.87. The highest BCUT2D eigenvalue weighted by atomic mass is 19.4. The molecule has 1 N–H and O–H groups in total.